The number of nitrogens with zero attached hydrogens (tertiary/aromatic N) is 3. The van der Waals surface area contributed by atoms with E-state index in [1.807, 2.05) is 23.1 Å². The third-order valence-electron chi connectivity index (χ3n) is 4.77. The summed E-state index contributed by atoms with van der Waals surface area (Å²) in [5.74, 6) is -0.123. The monoisotopic (exact) mass is 417 g/mol. The number of benzene rings is 2. The molecule has 2 aromatic rings. The highest BCUT2D eigenvalue weighted by Gasteiger charge is 2.22. The van der Waals surface area contributed by atoms with Crippen molar-refractivity contribution in [2.45, 2.75) is 6.54 Å². The summed E-state index contributed by atoms with van der Waals surface area (Å²) in [6.45, 7) is 2.69. The molecule has 1 fully saturated rings. The van der Waals surface area contributed by atoms with Gasteiger partial charge in [-0.25, -0.2) is 8.78 Å². The molecule has 2 aromatic carbocycles. The number of ether oxygens (including phenoxy) is 1. The van der Waals surface area contributed by atoms with Crippen LogP contribution in [0.4, 0.5) is 14.5 Å². The fraction of sp³-hybridized carbons (Fsp3) is 0.333. The molecule has 0 unspecified atom stereocenters. The van der Waals surface area contributed by atoms with Crippen LogP contribution in [0.5, 0.6) is 5.75 Å². The number of hydrogen-bond acceptors (Lipinski definition) is 4. The Morgan fingerprint density at radius 1 is 1.17 bits per heavy atom. The van der Waals surface area contributed by atoms with Gasteiger partial charge in [-0.1, -0.05) is 12.1 Å². The van der Waals surface area contributed by atoms with E-state index >= 15 is 0 Å². The van der Waals surface area contributed by atoms with Gasteiger partial charge in [0.15, 0.2) is 12.6 Å². The number of hydrogen-bond donors (Lipinski definition) is 2. The van der Waals surface area contributed by atoms with Gasteiger partial charge in [0, 0.05) is 45.8 Å². The SMILES string of the molecule is CN=C(NCc1cccc(OCC(N)=O)c1)N1CCN(c2cc(F)ccc2F)CC1. The molecular weight excluding hydrogens is 392 g/mol. The minimum absolute atomic E-state index is 0.172. The molecule has 0 bridgehead atoms. The number of amides is 1. The number of nitrogens with one attached hydrogen (secondary N) is 1. The molecule has 3 rings (SSSR count). The molecule has 0 aliphatic carbocycles. The van der Waals surface area contributed by atoms with Crippen LogP contribution in [0.15, 0.2) is 47.5 Å². The number of halogens is 2. The number of carbonyl (C=O) groups is 1. The molecule has 0 radical (unpaired) electrons. The second-order valence-electron chi connectivity index (χ2n) is 6.87. The summed E-state index contributed by atoms with van der Waals surface area (Å²) in [7, 11) is 1.70. The van der Waals surface area contributed by atoms with Crippen LogP contribution in [-0.4, -0.2) is 56.6 Å². The van der Waals surface area contributed by atoms with Crippen LogP contribution in [0.2, 0.25) is 0 Å². The lowest BCUT2D eigenvalue weighted by Crippen LogP contribution is -2.52. The summed E-state index contributed by atoms with van der Waals surface area (Å²) >= 11 is 0. The van der Waals surface area contributed by atoms with Crippen molar-refractivity contribution in [2.24, 2.45) is 10.7 Å². The highest BCUT2D eigenvalue weighted by molar-refractivity contribution is 5.80. The molecule has 9 heteroatoms. The van der Waals surface area contributed by atoms with Crippen molar-refractivity contribution in [1.29, 1.82) is 0 Å². The van der Waals surface area contributed by atoms with E-state index in [0.717, 1.165) is 23.7 Å². The highest BCUT2D eigenvalue weighted by atomic mass is 19.1. The Morgan fingerprint density at radius 3 is 2.63 bits per heavy atom. The summed E-state index contributed by atoms with van der Waals surface area (Å²) in [5.41, 5.74) is 6.34. The predicted molar refractivity (Wildman–Crippen MR) is 111 cm³/mol. The number of primary amides is 1. The van der Waals surface area contributed by atoms with E-state index in [1.165, 1.54) is 6.07 Å². The lowest BCUT2D eigenvalue weighted by Gasteiger charge is -2.37. The largest absolute Gasteiger partial charge is 0.484 e. The van der Waals surface area contributed by atoms with Gasteiger partial charge in [-0.15, -0.1) is 0 Å². The second kappa shape index (κ2) is 9.91. The van der Waals surface area contributed by atoms with Crippen LogP contribution in [0.3, 0.4) is 0 Å². The maximum Gasteiger partial charge on any atom is 0.255 e. The minimum Gasteiger partial charge on any atom is -0.484 e. The van der Waals surface area contributed by atoms with Crippen molar-refractivity contribution < 1.29 is 18.3 Å². The Labute approximate surface area is 174 Å². The Hall–Kier alpha value is -3.36. The predicted octanol–water partition coefficient (Wildman–Crippen LogP) is 1.73. The Bertz CT molecular complexity index is 914. The summed E-state index contributed by atoms with van der Waals surface area (Å²) in [6.07, 6.45) is 0. The molecule has 1 aliphatic heterocycles. The van der Waals surface area contributed by atoms with Gasteiger partial charge < -0.3 is 25.6 Å². The van der Waals surface area contributed by atoms with Crippen molar-refractivity contribution >= 4 is 17.6 Å². The zero-order chi connectivity index (χ0) is 21.5. The average molecular weight is 417 g/mol. The number of rotatable bonds is 6. The molecule has 7 nitrogen and oxygen atoms in total. The van der Waals surface area contributed by atoms with E-state index in [-0.39, 0.29) is 12.3 Å². The maximum absolute atomic E-state index is 14.0. The van der Waals surface area contributed by atoms with Crippen molar-refractivity contribution in [3.8, 4) is 5.75 Å². The average Bonchev–Trinajstić information content (AvgIpc) is 2.75. The van der Waals surface area contributed by atoms with Gasteiger partial charge in [0.05, 0.1) is 5.69 Å². The van der Waals surface area contributed by atoms with Crippen LogP contribution in [0.1, 0.15) is 5.56 Å². The van der Waals surface area contributed by atoms with Gasteiger partial charge in [-0.3, -0.25) is 9.79 Å². The molecule has 160 valence electrons. The number of aliphatic imine (C=N–C) groups is 1. The molecule has 3 N–H and O–H groups in total. The molecule has 1 saturated heterocycles. The van der Waals surface area contributed by atoms with Gasteiger partial charge in [0.1, 0.15) is 17.4 Å². The van der Waals surface area contributed by atoms with Gasteiger partial charge >= 0.3 is 0 Å². The minimum atomic E-state index is -0.531. The number of guanidine groups is 1. The first-order chi connectivity index (χ1) is 14.5. The third kappa shape index (κ3) is 5.59. The van der Waals surface area contributed by atoms with E-state index < -0.39 is 17.5 Å². The normalized spacial score (nSPS) is 14.6. The smallest absolute Gasteiger partial charge is 0.255 e. The van der Waals surface area contributed by atoms with Gasteiger partial charge in [-0.2, -0.15) is 0 Å². The van der Waals surface area contributed by atoms with Crippen LogP contribution < -0.4 is 20.7 Å². The van der Waals surface area contributed by atoms with Crippen LogP contribution >= 0.6 is 0 Å². The van der Waals surface area contributed by atoms with E-state index in [2.05, 4.69) is 15.2 Å². The number of carbonyl (C=O) groups excluding carboxylic acids is 1. The molecule has 0 atom stereocenters. The quantitative estimate of drug-likeness (QED) is 0.553. The Balaban J connectivity index is 1.55. The van der Waals surface area contributed by atoms with E-state index in [9.17, 15) is 13.6 Å². The van der Waals surface area contributed by atoms with Crippen molar-refractivity contribution in [3.05, 3.63) is 59.7 Å². The Kier molecular flexibility index (Phi) is 7.05. The molecule has 0 aromatic heterocycles. The molecule has 30 heavy (non-hydrogen) atoms. The second-order valence-corrected chi connectivity index (χ2v) is 6.87. The highest BCUT2D eigenvalue weighted by Crippen LogP contribution is 2.22. The summed E-state index contributed by atoms with van der Waals surface area (Å²) in [4.78, 5) is 19.1. The summed E-state index contributed by atoms with van der Waals surface area (Å²) in [5, 5.41) is 3.30. The van der Waals surface area contributed by atoms with Crippen molar-refractivity contribution in [1.82, 2.24) is 10.2 Å². The molecule has 1 heterocycles. The first kappa shape index (κ1) is 21.4. The lowest BCUT2D eigenvalue weighted by molar-refractivity contribution is -0.119. The standard InChI is InChI=1S/C21H25F2N5O2/c1-25-21(26-13-15-3-2-4-17(11-15)30-14-20(24)29)28-9-7-27(8-10-28)19-12-16(22)5-6-18(19)23/h2-6,11-12H,7-10,13-14H2,1H3,(H2,24,29)(H,25,26). The molecular formula is C21H25F2N5O2. The number of anilines is 1. The van der Waals surface area contributed by atoms with Gasteiger partial charge in [0.2, 0.25) is 0 Å². The maximum atomic E-state index is 14.0. The first-order valence-electron chi connectivity index (χ1n) is 9.62. The summed E-state index contributed by atoms with van der Waals surface area (Å²) < 4.78 is 32.8. The molecule has 1 amide bonds. The van der Waals surface area contributed by atoms with Gasteiger partial charge in [-0.05, 0) is 29.8 Å². The lowest BCUT2D eigenvalue weighted by atomic mass is 10.2. The molecule has 0 spiro atoms. The van der Waals surface area contributed by atoms with Crippen LogP contribution in [0, 0.1) is 11.6 Å². The topological polar surface area (TPSA) is 83.2 Å². The molecule has 0 saturated carbocycles. The summed E-state index contributed by atoms with van der Waals surface area (Å²) in [6, 6.07) is 10.9. The third-order valence-corrected chi connectivity index (χ3v) is 4.77. The van der Waals surface area contributed by atoms with Crippen LogP contribution in [-0.2, 0) is 11.3 Å². The first-order valence-corrected chi connectivity index (χ1v) is 9.62. The fourth-order valence-corrected chi connectivity index (χ4v) is 3.30. The zero-order valence-electron chi connectivity index (χ0n) is 16.8. The number of nitrogens with two attached hydrogens (primary N) is 1. The Morgan fingerprint density at radius 2 is 1.93 bits per heavy atom. The van der Waals surface area contributed by atoms with Crippen molar-refractivity contribution in [2.75, 3.05) is 44.7 Å². The van der Waals surface area contributed by atoms with E-state index in [4.69, 9.17) is 10.5 Å². The van der Waals surface area contributed by atoms with Gasteiger partial charge in [0.25, 0.3) is 5.91 Å². The fourth-order valence-electron chi connectivity index (χ4n) is 3.30. The van der Waals surface area contributed by atoms with E-state index in [0.29, 0.717) is 38.5 Å². The zero-order valence-corrected chi connectivity index (χ0v) is 16.8. The van der Waals surface area contributed by atoms with E-state index in [1.54, 1.807) is 13.1 Å². The van der Waals surface area contributed by atoms with Crippen LogP contribution in [0.25, 0.3) is 0 Å². The molecule has 1 aliphatic rings. The van der Waals surface area contributed by atoms with Crippen molar-refractivity contribution in [3.63, 3.8) is 0 Å². The number of piperazine rings is 1.